The topological polar surface area (TPSA) is 23.8 Å². The van der Waals surface area contributed by atoms with Gasteiger partial charge < -0.3 is 0 Å². The smallest absolute Gasteiger partial charge is 0.193 e. The molecule has 0 aliphatic rings. The van der Waals surface area contributed by atoms with E-state index >= 15 is 0 Å². The summed E-state index contributed by atoms with van der Waals surface area (Å²) in [6.07, 6.45) is -1.90. The van der Waals surface area contributed by atoms with Crippen molar-refractivity contribution in [3.63, 3.8) is 0 Å². The third kappa shape index (κ3) is 3.00. The van der Waals surface area contributed by atoms with Crippen molar-refractivity contribution in [2.24, 2.45) is 0 Å². The molecule has 0 aromatic heterocycles. The van der Waals surface area contributed by atoms with Crippen LogP contribution in [0, 0.1) is 11.3 Å². The first-order valence-corrected chi connectivity index (χ1v) is 4.26. The normalized spacial score (nSPS) is 11.7. The molecule has 0 bridgehead atoms. The molecule has 5 heteroatoms. The Hall–Kier alpha value is -1.47. The van der Waals surface area contributed by atoms with Crippen LogP contribution >= 0.6 is 11.6 Å². The molecular formula is C10H5ClF3N. The van der Waals surface area contributed by atoms with E-state index in [0.29, 0.717) is 5.56 Å². The zero-order valence-electron chi connectivity index (χ0n) is 7.35. The first-order chi connectivity index (χ1) is 6.95. The fourth-order valence-corrected chi connectivity index (χ4v) is 1.21. The number of hydrogen-bond acceptors (Lipinski definition) is 1. The van der Waals surface area contributed by atoms with E-state index in [1.54, 1.807) is 6.07 Å². The molecule has 0 radical (unpaired) electrons. The second-order valence-corrected chi connectivity index (χ2v) is 3.10. The highest BCUT2D eigenvalue weighted by atomic mass is 35.5. The predicted molar refractivity (Wildman–Crippen MR) is 51.1 cm³/mol. The van der Waals surface area contributed by atoms with Crippen LogP contribution in [0.15, 0.2) is 24.3 Å². The third-order valence-corrected chi connectivity index (χ3v) is 1.99. The minimum Gasteiger partial charge on any atom is -0.193 e. The van der Waals surface area contributed by atoms with E-state index in [9.17, 15) is 13.2 Å². The van der Waals surface area contributed by atoms with Crippen molar-refractivity contribution in [3.8, 4) is 6.07 Å². The molecule has 0 heterocycles. The van der Waals surface area contributed by atoms with Crippen LogP contribution in [0.4, 0.5) is 13.2 Å². The highest BCUT2D eigenvalue weighted by Crippen LogP contribution is 2.32. The standard InChI is InChI=1S/C10H5ClF3N/c11-9-6-8(10(12,13)14)4-3-7(9)2-1-5-15/h1-4,6H. The molecule has 1 aromatic carbocycles. The monoisotopic (exact) mass is 231 g/mol. The first kappa shape index (κ1) is 11.6. The maximum Gasteiger partial charge on any atom is 0.416 e. The lowest BCUT2D eigenvalue weighted by molar-refractivity contribution is -0.137. The van der Waals surface area contributed by atoms with Crippen molar-refractivity contribution in [3.05, 3.63) is 40.4 Å². The van der Waals surface area contributed by atoms with Crippen LogP contribution in [0.1, 0.15) is 11.1 Å². The zero-order chi connectivity index (χ0) is 11.5. The Kier molecular flexibility index (Phi) is 3.38. The second kappa shape index (κ2) is 4.37. The van der Waals surface area contributed by atoms with Crippen molar-refractivity contribution in [1.82, 2.24) is 0 Å². The average Bonchev–Trinajstić information content (AvgIpc) is 2.14. The van der Waals surface area contributed by atoms with E-state index in [2.05, 4.69) is 0 Å². The van der Waals surface area contributed by atoms with Gasteiger partial charge in [0.1, 0.15) is 0 Å². The predicted octanol–water partition coefficient (Wildman–Crippen LogP) is 3.90. The van der Waals surface area contributed by atoms with E-state index in [1.165, 1.54) is 12.1 Å². The van der Waals surface area contributed by atoms with Gasteiger partial charge in [0.25, 0.3) is 0 Å². The molecule has 0 N–H and O–H groups in total. The molecule has 0 atom stereocenters. The Bertz CT molecular complexity index is 429. The molecule has 0 amide bonds. The van der Waals surface area contributed by atoms with Crippen LogP contribution < -0.4 is 0 Å². The van der Waals surface area contributed by atoms with Gasteiger partial charge in [0.2, 0.25) is 0 Å². The van der Waals surface area contributed by atoms with Crippen molar-refractivity contribution < 1.29 is 13.2 Å². The summed E-state index contributed by atoms with van der Waals surface area (Å²) >= 11 is 5.61. The maximum atomic E-state index is 12.2. The number of halogens is 4. The van der Waals surface area contributed by atoms with Crippen LogP contribution in [0.3, 0.4) is 0 Å². The Labute approximate surface area is 89.4 Å². The molecule has 1 rings (SSSR count). The van der Waals surface area contributed by atoms with Crippen LogP contribution in [0.25, 0.3) is 6.08 Å². The van der Waals surface area contributed by atoms with E-state index < -0.39 is 11.7 Å². The van der Waals surface area contributed by atoms with Crippen LogP contribution in [-0.2, 0) is 6.18 Å². The van der Waals surface area contributed by atoms with Gasteiger partial charge in [-0.05, 0) is 23.8 Å². The summed E-state index contributed by atoms with van der Waals surface area (Å²) in [6, 6.07) is 4.70. The minimum atomic E-state index is -4.40. The lowest BCUT2D eigenvalue weighted by atomic mass is 10.1. The fraction of sp³-hybridized carbons (Fsp3) is 0.100. The second-order valence-electron chi connectivity index (χ2n) is 2.70. The number of allylic oxidation sites excluding steroid dienone is 1. The Balaban J connectivity index is 3.10. The highest BCUT2D eigenvalue weighted by Gasteiger charge is 2.30. The van der Waals surface area contributed by atoms with E-state index in [4.69, 9.17) is 16.9 Å². The van der Waals surface area contributed by atoms with E-state index in [0.717, 1.165) is 18.2 Å². The molecule has 0 unspecified atom stereocenters. The van der Waals surface area contributed by atoms with Gasteiger partial charge in [-0.25, -0.2) is 0 Å². The Morgan fingerprint density at radius 2 is 2.00 bits per heavy atom. The molecular weight excluding hydrogens is 227 g/mol. The quantitative estimate of drug-likeness (QED) is 0.673. The number of nitrogens with zero attached hydrogens (tertiary/aromatic N) is 1. The summed E-state index contributed by atoms with van der Waals surface area (Å²) in [7, 11) is 0. The van der Waals surface area contributed by atoms with Crippen LogP contribution in [-0.4, -0.2) is 0 Å². The maximum absolute atomic E-state index is 12.2. The molecule has 0 saturated carbocycles. The summed E-state index contributed by atoms with van der Waals surface area (Å²) in [5.41, 5.74) is -0.423. The molecule has 78 valence electrons. The Morgan fingerprint density at radius 1 is 1.33 bits per heavy atom. The van der Waals surface area contributed by atoms with E-state index in [-0.39, 0.29) is 5.02 Å². The molecule has 0 aliphatic heterocycles. The number of alkyl halides is 3. The van der Waals surface area contributed by atoms with Crippen molar-refractivity contribution in [1.29, 1.82) is 5.26 Å². The highest BCUT2D eigenvalue weighted by molar-refractivity contribution is 6.32. The van der Waals surface area contributed by atoms with Gasteiger partial charge in [-0.1, -0.05) is 17.7 Å². The molecule has 1 nitrogen and oxygen atoms in total. The molecule has 0 spiro atoms. The number of rotatable bonds is 1. The molecule has 15 heavy (non-hydrogen) atoms. The van der Waals surface area contributed by atoms with Gasteiger partial charge in [-0.2, -0.15) is 18.4 Å². The largest absolute Gasteiger partial charge is 0.416 e. The van der Waals surface area contributed by atoms with E-state index in [1.807, 2.05) is 0 Å². The lowest BCUT2D eigenvalue weighted by Gasteiger charge is -2.07. The van der Waals surface area contributed by atoms with Gasteiger partial charge in [0, 0.05) is 11.1 Å². The number of nitriles is 1. The lowest BCUT2D eigenvalue weighted by Crippen LogP contribution is -2.04. The molecule has 0 saturated heterocycles. The minimum absolute atomic E-state index is 0.0312. The SMILES string of the molecule is N#CC=Cc1ccc(C(F)(F)F)cc1Cl. The number of hydrogen-bond donors (Lipinski definition) is 0. The van der Waals surface area contributed by atoms with Crippen LogP contribution in [0.5, 0.6) is 0 Å². The fourth-order valence-electron chi connectivity index (χ4n) is 0.966. The average molecular weight is 232 g/mol. The van der Waals surface area contributed by atoms with Crippen LogP contribution in [0.2, 0.25) is 5.02 Å². The zero-order valence-corrected chi connectivity index (χ0v) is 8.10. The molecule has 1 aromatic rings. The summed E-state index contributed by atoms with van der Waals surface area (Å²) in [6.45, 7) is 0. The number of benzene rings is 1. The van der Waals surface area contributed by atoms with Gasteiger partial charge in [-0.3, -0.25) is 0 Å². The van der Waals surface area contributed by atoms with Crippen molar-refractivity contribution in [2.75, 3.05) is 0 Å². The summed E-state index contributed by atoms with van der Waals surface area (Å²) in [4.78, 5) is 0. The van der Waals surface area contributed by atoms with Gasteiger partial charge in [-0.15, -0.1) is 0 Å². The summed E-state index contributed by atoms with van der Waals surface area (Å²) in [5, 5.41) is 8.21. The van der Waals surface area contributed by atoms with Gasteiger partial charge in [0.15, 0.2) is 0 Å². The summed E-state index contributed by atoms with van der Waals surface area (Å²) in [5.74, 6) is 0. The Morgan fingerprint density at radius 3 is 2.47 bits per heavy atom. The molecule has 0 fully saturated rings. The summed E-state index contributed by atoms with van der Waals surface area (Å²) < 4.78 is 36.7. The van der Waals surface area contributed by atoms with Crippen molar-refractivity contribution >= 4 is 17.7 Å². The molecule has 0 aliphatic carbocycles. The van der Waals surface area contributed by atoms with Crippen molar-refractivity contribution in [2.45, 2.75) is 6.18 Å². The first-order valence-electron chi connectivity index (χ1n) is 3.88. The van der Waals surface area contributed by atoms with Gasteiger partial charge in [0.05, 0.1) is 11.6 Å². The third-order valence-electron chi connectivity index (χ3n) is 1.67. The van der Waals surface area contributed by atoms with Gasteiger partial charge >= 0.3 is 6.18 Å².